The van der Waals surface area contributed by atoms with Gasteiger partial charge in [-0.2, -0.15) is 0 Å². The highest BCUT2D eigenvalue weighted by Gasteiger charge is 1.95. The van der Waals surface area contributed by atoms with Crippen LogP contribution < -0.4 is 0 Å². The normalized spacial score (nSPS) is 10.6. The first kappa shape index (κ1) is 8.24. The second kappa shape index (κ2) is 3.17. The molecule has 0 N–H and O–H groups in total. The summed E-state index contributed by atoms with van der Waals surface area (Å²) in [5, 5.41) is 1.23. The Kier molecular flexibility index (Phi) is 2.01. The van der Waals surface area contributed by atoms with Gasteiger partial charge in [-0.1, -0.05) is 19.1 Å². The van der Waals surface area contributed by atoms with E-state index in [2.05, 4.69) is 43.1 Å². The van der Waals surface area contributed by atoms with E-state index in [0.29, 0.717) is 0 Å². The molecule has 0 aliphatic carbocycles. The Morgan fingerprint density at radius 1 is 1.23 bits per heavy atom. The van der Waals surface area contributed by atoms with Gasteiger partial charge in [0.15, 0.2) is 0 Å². The highest BCUT2D eigenvalue weighted by Crippen LogP contribution is 2.15. The maximum Gasteiger partial charge on any atom is 0.0704 e. The molecule has 0 fully saturated rings. The third-order valence-electron chi connectivity index (χ3n) is 2.29. The van der Waals surface area contributed by atoms with Crippen molar-refractivity contribution in [2.45, 2.75) is 20.3 Å². The molecule has 0 saturated heterocycles. The predicted molar refractivity (Wildman–Crippen MR) is 55.9 cm³/mol. The molecule has 0 saturated carbocycles. The fraction of sp³-hybridized carbons (Fsp3) is 0.250. The van der Waals surface area contributed by atoms with Gasteiger partial charge in [0, 0.05) is 11.6 Å². The molecule has 0 amide bonds. The molecule has 1 aromatic heterocycles. The van der Waals surface area contributed by atoms with Crippen LogP contribution in [-0.4, -0.2) is 4.98 Å². The Morgan fingerprint density at radius 3 is 2.85 bits per heavy atom. The van der Waals surface area contributed by atoms with Crippen molar-refractivity contribution in [1.82, 2.24) is 4.98 Å². The number of hydrogen-bond acceptors (Lipinski definition) is 1. The topological polar surface area (TPSA) is 12.9 Å². The van der Waals surface area contributed by atoms with Crippen molar-refractivity contribution in [1.29, 1.82) is 0 Å². The molecule has 0 spiro atoms. The quantitative estimate of drug-likeness (QED) is 0.642. The SMILES string of the molecule is CCc1ccc2cc(C)cnc2c1. The fourth-order valence-electron chi connectivity index (χ4n) is 1.50. The zero-order chi connectivity index (χ0) is 9.26. The van der Waals surface area contributed by atoms with Gasteiger partial charge in [0.05, 0.1) is 5.52 Å². The van der Waals surface area contributed by atoms with Crippen molar-refractivity contribution in [3.05, 3.63) is 41.6 Å². The molecular weight excluding hydrogens is 158 g/mol. The van der Waals surface area contributed by atoms with Crippen LogP contribution in [-0.2, 0) is 6.42 Å². The third kappa shape index (κ3) is 1.55. The van der Waals surface area contributed by atoms with E-state index in [1.807, 2.05) is 6.20 Å². The lowest BCUT2D eigenvalue weighted by atomic mass is 10.1. The maximum absolute atomic E-state index is 4.39. The fourth-order valence-corrected chi connectivity index (χ4v) is 1.50. The molecule has 0 unspecified atom stereocenters. The van der Waals surface area contributed by atoms with Gasteiger partial charge in [0.1, 0.15) is 0 Å². The Hall–Kier alpha value is -1.37. The molecule has 1 aromatic carbocycles. The molecule has 0 radical (unpaired) electrons. The maximum atomic E-state index is 4.39. The van der Waals surface area contributed by atoms with Crippen LogP contribution in [0.1, 0.15) is 18.1 Å². The second-order valence-electron chi connectivity index (χ2n) is 3.39. The molecule has 2 aromatic rings. The summed E-state index contributed by atoms with van der Waals surface area (Å²) < 4.78 is 0. The van der Waals surface area contributed by atoms with E-state index in [1.165, 1.54) is 16.5 Å². The van der Waals surface area contributed by atoms with Gasteiger partial charge in [0.2, 0.25) is 0 Å². The van der Waals surface area contributed by atoms with E-state index in [0.717, 1.165) is 11.9 Å². The van der Waals surface area contributed by atoms with Gasteiger partial charge in [0.25, 0.3) is 0 Å². The van der Waals surface area contributed by atoms with E-state index >= 15 is 0 Å². The van der Waals surface area contributed by atoms with Gasteiger partial charge in [-0.25, -0.2) is 0 Å². The highest BCUT2D eigenvalue weighted by molar-refractivity contribution is 5.79. The van der Waals surface area contributed by atoms with E-state index in [4.69, 9.17) is 0 Å². The molecular formula is C12H13N. The van der Waals surface area contributed by atoms with Crippen molar-refractivity contribution < 1.29 is 0 Å². The summed E-state index contributed by atoms with van der Waals surface area (Å²) in [6.45, 7) is 4.23. The van der Waals surface area contributed by atoms with Crippen LogP contribution in [0.25, 0.3) is 10.9 Å². The van der Waals surface area contributed by atoms with Crippen LogP contribution in [0, 0.1) is 6.92 Å². The Bertz CT molecular complexity index is 432. The van der Waals surface area contributed by atoms with E-state index in [9.17, 15) is 0 Å². The molecule has 0 aliphatic rings. The van der Waals surface area contributed by atoms with Gasteiger partial charge >= 0.3 is 0 Å². The number of benzene rings is 1. The van der Waals surface area contributed by atoms with Crippen LogP contribution in [0.4, 0.5) is 0 Å². The number of hydrogen-bond donors (Lipinski definition) is 0. The Morgan fingerprint density at radius 2 is 2.08 bits per heavy atom. The van der Waals surface area contributed by atoms with Crippen LogP contribution >= 0.6 is 0 Å². The average molecular weight is 171 g/mol. The first-order valence-corrected chi connectivity index (χ1v) is 4.65. The van der Waals surface area contributed by atoms with Crippen LogP contribution in [0.5, 0.6) is 0 Å². The first-order chi connectivity index (χ1) is 6.29. The van der Waals surface area contributed by atoms with Crippen molar-refractivity contribution in [2.24, 2.45) is 0 Å². The van der Waals surface area contributed by atoms with Crippen molar-refractivity contribution in [3.8, 4) is 0 Å². The molecule has 1 nitrogen and oxygen atoms in total. The number of aromatic nitrogens is 1. The largest absolute Gasteiger partial charge is 0.256 e. The lowest BCUT2D eigenvalue weighted by Crippen LogP contribution is -1.84. The van der Waals surface area contributed by atoms with Gasteiger partial charge in [-0.3, -0.25) is 4.98 Å². The summed E-state index contributed by atoms with van der Waals surface area (Å²) in [5.74, 6) is 0. The number of rotatable bonds is 1. The van der Waals surface area contributed by atoms with Crippen LogP contribution in [0.3, 0.4) is 0 Å². The van der Waals surface area contributed by atoms with Gasteiger partial charge in [-0.05, 0) is 36.6 Å². The van der Waals surface area contributed by atoms with E-state index in [1.54, 1.807) is 0 Å². The molecule has 13 heavy (non-hydrogen) atoms. The molecule has 0 atom stereocenters. The molecule has 66 valence electrons. The average Bonchev–Trinajstić information content (AvgIpc) is 2.17. The van der Waals surface area contributed by atoms with Gasteiger partial charge in [-0.15, -0.1) is 0 Å². The van der Waals surface area contributed by atoms with Crippen LogP contribution in [0.2, 0.25) is 0 Å². The monoisotopic (exact) mass is 171 g/mol. The van der Waals surface area contributed by atoms with Gasteiger partial charge < -0.3 is 0 Å². The predicted octanol–water partition coefficient (Wildman–Crippen LogP) is 3.11. The highest BCUT2D eigenvalue weighted by atomic mass is 14.6. The number of pyridine rings is 1. The zero-order valence-electron chi connectivity index (χ0n) is 8.04. The molecule has 2 rings (SSSR count). The molecule has 0 bridgehead atoms. The minimum Gasteiger partial charge on any atom is -0.256 e. The summed E-state index contributed by atoms with van der Waals surface area (Å²) in [4.78, 5) is 4.39. The van der Waals surface area contributed by atoms with E-state index < -0.39 is 0 Å². The lowest BCUT2D eigenvalue weighted by molar-refractivity contribution is 1.14. The minimum absolute atomic E-state index is 1.07. The van der Waals surface area contributed by atoms with Crippen LogP contribution in [0.15, 0.2) is 30.5 Å². The summed E-state index contributed by atoms with van der Waals surface area (Å²) in [6.07, 6.45) is 2.99. The Labute approximate surface area is 78.4 Å². The number of nitrogens with zero attached hydrogens (tertiary/aromatic N) is 1. The van der Waals surface area contributed by atoms with Crippen molar-refractivity contribution >= 4 is 10.9 Å². The summed E-state index contributed by atoms with van der Waals surface area (Å²) in [6, 6.07) is 8.65. The standard InChI is InChI=1S/C12H13N/c1-3-10-4-5-11-6-9(2)8-13-12(11)7-10/h4-8H,3H2,1-2H3. The minimum atomic E-state index is 1.07. The van der Waals surface area contributed by atoms with Crippen molar-refractivity contribution in [3.63, 3.8) is 0 Å². The number of fused-ring (bicyclic) bond motifs is 1. The first-order valence-electron chi connectivity index (χ1n) is 4.65. The molecule has 0 aliphatic heterocycles. The Balaban J connectivity index is 2.66. The third-order valence-corrected chi connectivity index (χ3v) is 2.29. The lowest BCUT2D eigenvalue weighted by Gasteiger charge is -2.00. The summed E-state index contributed by atoms with van der Waals surface area (Å²) >= 11 is 0. The smallest absolute Gasteiger partial charge is 0.0704 e. The van der Waals surface area contributed by atoms with Crippen molar-refractivity contribution in [2.75, 3.05) is 0 Å². The summed E-state index contributed by atoms with van der Waals surface area (Å²) in [7, 11) is 0. The molecule has 1 heterocycles. The molecule has 1 heteroatoms. The number of aryl methyl sites for hydroxylation is 2. The second-order valence-corrected chi connectivity index (χ2v) is 3.39. The zero-order valence-corrected chi connectivity index (χ0v) is 8.04. The van der Waals surface area contributed by atoms with E-state index in [-0.39, 0.29) is 0 Å². The summed E-state index contributed by atoms with van der Waals surface area (Å²) in [5.41, 5.74) is 3.67.